The van der Waals surface area contributed by atoms with Gasteiger partial charge in [-0.1, -0.05) is 6.07 Å². The summed E-state index contributed by atoms with van der Waals surface area (Å²) in [6.45, 7) is 3.49. The summed E-state index contributed by atoms with van der Waals surface area (Å²) in [5.74, 6) is 0.558. The predicted molar refractivity (Wildman–Crippen MR) is 90.5 cm³/mol. The van der Waals surface area contributed by atoms with E-state index in [9.17, 15) is 4.79 Å². The summed E-state index contributed by atoms with van der Waals surface area (Å²) in [6, 6.07) is 7.37. The second-order valence-electron chi connectivity index (χ2n) is 6.11. The normalized spacial score (nSPS) is 15.5. The van der Waals surface area contributed by atoms with Crippen molar-refractivity contribution in [2.24, 2.45) is 5.92 Å². The molecule has 0 atom stereocenters. The standard InChI is InChI=1S/C17H23N5O3/c1-24-9-10-25-12-14-5-7-21(8-6-14)17(23)15-3-2-4-16(11-15)22-13-18-19-20-22/h2-4,11,13-14H,5-10,12H2,1H3. The molecule has 0 spiro atoms. The molecule has 0 saturated carbocycles. The van der Waals surface area contributed by atoms with Gasteiger partial charge in [0.2, 0.25) is 0 Å². The molecule has 0 radical (unpaired) electrons. The Bertz CT molecular complexity index is 669. The minimum Gasteiger partial charge on any atom is -0.382 e. The molecule has 2 heterocycles. The van der Waals surface area contributed by atoms with E-state index in [1.807, 2.05) is 29.2 Å². The molecule has 0 unspecified atom stereocenters. The molecule has 25 heavy (non-hydrogen) atoms. The van der Waals surface area contributed by atoms with Crippen molar-refractivity contribution in [3.63, 3.8) is 0 Å². The van der Waals surface area contributed by atoms with Gasteiger partial charge < -0.3 is 14.4 Å². The van der Waals surface area contributed by atoms with Crippen LogP contribution in [0.3, 0.4) is 0 Å². The van der Waals surface area contributed by atoms with Crippen molar-refractivity contribution < 1.29 is 14.3 Å². The number of carbonyl (C=O) groups is 1. The third-order valence-corrected chi connectivity index (χ3v) is 4.39. The Morgan fingerprint density at radius 3 is 2.84 bits per heavy atom. The molecule has 0 bridgehead atoms. The Labute approximate surface area is 146 Å². The number of rotatable bonds is 7. The van der Waals surface area contributed by atoms with Crippen molar-refractivity contribution in [1.82, 2.24) is 25.1 Å². The maximum atomic E-state index is 12.7. The number of piperidine rings is 1. The monoisotopic (exact) mass is 345 g/mol. The number of carbonyl (C=O) groups excluding carboxylic acids is 1. The molecule has 134 valence electrons. The summed E-state index contributed by atoms with van der Waals surface area (Å²) in [7, 11) is 1.67. The van der Waals surface area contributed by atoms with Crippen LogP contribution in [0.25, 0.3) is 5.69 Å². The van der Waals surface area contributed by atoms with Crippen LogP contribution in [0.2, 0.25) is 0 Å². The summed E-state index contributed by atoms with van der Waals surface area (Å²) in [6.07, 6.45) is 3.44. The van der Waals surface area contributed by atoms with Crippen LogP contribution in [-0.2, 0) is 9.47 Å². The first-order valence-corrected chi connectivity index (χ1v) is 8.47. The van der Waals surface area contributed by atoms with Gasteiger partial charge in [0.15, 0.2) is 0 Å². The van der Waals surface area contributed by atoms with E-state index in [2.05, 4.69) is 15.5 Å². The fourth-order valence-electron chi connectivity index (χ4n) is 2.94. The lowest BCUT2D eigenvalue weighted by Crippen LogP contribution is -2.39. The third kappa shape index (κ3) is 4.61. The molecule has 0 N–H and O–H groups in total. The molecule has 8 heteroatoms. The topological polar surface area (TPSA) is 82.4 Å². The van der Waals surface area contributed by atoms with E-state index < -0.39 is 0 Å². The number of nitrogens with zero attached hydrogens (tertiary/aromatic N) is 5. The fraction of sp³-hybridized carbons (Fsp3) is 0.529. The van der Waals surface area contributed by atoms with E-state index in [0.29, 0.717) is 24.7 Å². The third-order valence-electron chi connectivity index (χ3n) is 4.39. The smallest absolute Gasteiger partial charge is 0.253 e. The SMILES string of the molecule is COCCOCC1CCN(C(=O)c2cccc(-n3cnnn3)c2)CC1. The first-order chi connectivity index (χ1) is 12.3. The Kier molecular flexibility index (Phi) is 6.08. The second kappa shape index (κ2) is 8.68. The highest BCUT2D eigenvalue weighted by Crippen LogP contribution is 2.20. The van der Waals surface area contributed by atoms with Crippen LogP contribution >= 0.6 is 0 Å². The largest absolute Gasteiger partial charge is 0.382 e. The van der Waals surface area contributed by atoms with E-state index >= 15 is 0 Å². The van der Waals surface area contributed by atoms with Crippen molar-refractivity contribution in [3.8, 4) is 5.69 Å². The lowest BCUT2D eigenvalue weighted by molar-refractivity contribution is 0.0327. The summed E-state index contributed by atoms with van der Waals surface area (Å²) in [5.41, 5.74) is 1.43. The van der Waals surface area contributed by atoms with Gasteiger partial charge in [-0.3, -0.25) is 4.79 Å². The molecule has 1 aliphatic heterocycles. The van der Waals surface area contributed by atoms with Gasteiger partial charge in [-0.05, 0) is 47.4 Å². The molecule has 1 aliphatic rings. The van der Waals surface area contributed by atoms with Gasteiger partial charge in [0.25, 0.3) is 5.91 Å². The van der Waals surface area contributed by atoms with Gasteiger partial charge in [0.1, 0.15) is 6.33 Å². The lowest BCUT2D eigenvalue weighted by atomic mass is 9.97. The number of ether oxygens (including phenoxy) is 2. The first-order valence-electron chi connectivity index (χ1n) is 8.47. The van der Waals surface area contributed by atoms with E-state index in [4.69, 9.17) is 9.47 Å². The van der Waals surface area contributed by atoms with E-state index in [1.54, 1.807) is 11.8 Å². The summed E-state index contributed by atoms with van der Waals surface area (Å²) in [5, 5.41) is 11.1. The summed E-state index contributed by atoms with van der Waals surface area (Å²) >= 11 is 0. The molecule has 1 saturated heterocycles. The van der Waals surface area contributed by atoms with Gasteiger partial charge in [-0.25, -0.2) is 4.68 Å². The molecular weight excluding hydrogens is 322 g/mol. The number of methoxy groups -OCH3 is 1. The molecule has 3 rings (SSSR count). The predicted octanol–water partition coefficient (Wildman–Crippen LogP) is 1.18. The maximum Gasteiger partial charge on any atom is 0.253 e. The number of benzene rings is 1. The molecular formula is C17H23N5O3. The lowest BCUT2D eigenvalue weighted by Gasteiger charge is -2.32. The number of aromatic nitrogens is 4. The van der Waals surface area contributed by atoms with Crippen molar-refractivity contribution in [2.75, 3.05) is 40.0 Å². The van der Waals surface area contributed by atoms with E-state index in [1.165, 1.54) is 6.33 Å². The van der Waals surface area contributed by atoms with Crippen molar-refractivity contribution in [2.45, 2.75) is 12.8 Å². The van der Waals surface area contributed by atoms with Gasteiger partial charge in [0.05, 0.1) is 18.9 Å². The van der Waals surface area contributed by atoms with Gasteiger partial charge in [0, 0.05) is 32.4 Å². The molecule has 1 fully saturated rings. The molecule has 0 aliphatic carbocycles. The Hall–Kier alpha value is -2.32. The fourth-order valence-corrected chi connectivity index (χ4v) is 2.94. The summed E-state index contributed by atoms with van der Waals surface area (Å²) in [4.78, 5) is 14.7. The second-order valence-corrected chi connectivity index (χ2v) is 6.11. The number of amides is 1. The van der Waals surface area contributed by atoms with E-state index in [0.717, 1.165) is 38.2 Å². The molecule has 8 nitrogen and oxygen atoms in total. The number of tetrazole rings is 1. The quantitative estimate of drug-likeness (QED) is 0.701. The van der Waals surface area contributed by atoms with Crippen molar-refractivity contribution >= 4 is 5.91 Å². The van der Waals surface area contributed by atoms with Crippen molar-refractivity contribution in [1.29, 1.82) is 0 Å². The minimum atomic E-state index is 0.0497. The molecule has 1 aromatic carbocycles. The highest BCUT2D eigenvalue weighted by Gasteiger charge is 2.24. The number of hydrogen-bond acceptors (Lipinski definition) is 6. The first kappa shape index (κ1) is 17.5. The highest BCUT2D eigenvalue weighted by molar-refractivity contribution is 5.94. The van der Waals surface area contributed by atoms with Gasteiger partial charge in [-0.2, -0.15) is 0 Å². The number of likely N-dealkylation sites (tertiary alicyclic amines) is 1. The molecule has 1 aromatic heterocycles. The van der Waals surface area contributed by atoms with Crippen LogP contribution < -0.4 is 0 Å². The van der Waals surface area contributed by atoms with Crippen LogP contribution in [0.5, 0.6) is 0 Å². The van der Waals surface area contributed by atoms with Crippen molar-refractivity contribution in [3.05, 3.63) is 36.2 Å². The summed E-state index contributed by atoms with van der Waals surface area (Å²) < 4.78 is 12.1. The van der Waals surface area contributed by atoms with Gasteiger partial charge >= 0.3 is 0 Å². The average molecular weight is 345 g/mol. The van der Waals surface area contributed by atoms with Crippen LogP contribution in [0.1, 0.15) is 23.2 Å². The highest BCUT2D eigenvalue weighted by atomic mass is 16.5. The zero-order valence-corrected chi connectivity index (χ0v) is 14.4. The van der Waals surface area contributed by atoms with Crippen LogP contribution in [0, 0.1) is 5.92 Å². The van der Waals surface area contributed by atoms with Crippen LogP contribution in [0.4, 0.5) is 0 Å². The molecule has 2 aromatic rings. The van der Waals surface area contributed by atoms with E-state index in [-0.39, 0.29) is 5.91 Å². The Balaban J connectivity index is 1.53. The zero-order valence-electron chi connectivity index (χ0n) is 14.4. The Morgan fingerprint density at radius 2 is 2.12 bits per heavy atom. The number of hydrogen-bond donors (Lipinski definition) is 0. The minimum absolute atomic E-state index is 0.0497. The Morgan fingerprint density at radius 1 is 1.28 bits per heavy atom. The molecule has 1 amide bonds. The average Bonchev–Trinajstić information content (AvgIpc) is 3.20. The van der Waals surface area contributed by atoms with Gasteiger partial charge in [-0.15, -0.1) is 5.10 Å². The zero-order chi connectivity index (χ0) is 17.5. The maximum absolute atomic E-state index is 12.7. The van der Waals surface area contributed by atoms with Crippen LogP contribution in [0.15, 0.2) is 30.6 Å². The van der Waals surface area contributed by atoms with Crippen LogP contribution in [-0.4, -0.2) is 71.0 Å².